The van der Waals surface area contributed by atoms with Crippen LogP contribution in [0.1, 0.15) is 50.5 Å². The predicted octanol–water partition coefficient (Wildman–Crippen LogP) is 2.00. The number of aromatic nitrogens is 2. The Morgan fingerprint density at radius 3 is 2.78 bits per heavy atom. The fourth-order valence-electron chi connectivity index (χ4n) is 2.55. The topological polar surface area (TPSA) is 84.4 Å². The summed E-state index contributed by atoms with van der Waals surface area (Å²) in [6.07, 6.45) is 6.88. The van der Waals surface area contributed by atoms with Crippen LogP contribution >= 0.6 is 0 Å². The zero-order chi connectivity index (χ0) is 16.9. The van der Waals surface area contributed by atoms with Gasteiger partial charge in [-0.2, -0.15) is 0 Å². The van der Waals surface area contributed by atoms with Crippen LogP contribution in [0, 0.1) is 0 Å². The molecule has 1 atom stereocenters. The van der Waals surface area contributed by atoms with E-state index in [4.69, 9.17) is 4.74 Å². The summed E-state index contributed by atoms with van der Waals surface area (Å²) in [5.74, 6) is -0.145. The molecule has 2 amide bonds. The minimum Gasteiger partial charge on any atom is -0.444 e. The molecule has 0 spiro atoms. The molecule has 1 fully saturated rings. The van der Waals surface area contributed by atoms with Gasteiger partial charge in [-0.05, 0) is 40.0 Å². The molecule has 0 aliphatic carbocycles. The molecule has 0 saturated carbocycles. The highest BCUT2D eigenvalue weighted by Crippen LogP contribution is 2.18. The van der Waals surface area contributed by atoms with Crippen LogP contribution in [0.15, 0.2) is 18.6 Å². The van der Waals surface area contributed by atoms with E-state index in [1.807, 2.05) is 20.8 Å². The van der Waals surface area contributed by atoms with Gasteiger partial charge >= 0.3 is 6.09 Å². The van der Waals surface area contributed by atoms with Crippen molar-refractivity contribution in [1.82, 2.24) is 20.2 Å². The molecule has 7 nitrogen and oxygen atoms in total. The van der Waals surface area contributed by atoms with Crippen LogP contribution in [0.3, 0.4) is 0 Å². The molecule has 1 N–H and O–H groups in total. The van der Waals surface area contributed by atoms with Gasteiger partial charge in [0.2, 0.25) is 0 Å². The predicted molar refractivity (Wildman–Crippen MR) is 84.9 cm³/mol. The van der Waals surface area contributed by atoms with Gasteiger partial charge in [0.25, 0.3) is 5.91 Å². The van der Waals surface area contributed by atoms with Gasteiger partial charge in [-0.3, -0.25) is 9.78 Å². The summed E-state index contributed by atoms with van der Waals surface area (Å²) in [6.45, 7) is 6.49. The van der Waals surface area contributed by atoms with E-state index in [1.165, 1.54) is 18.6 Å². The number of likely N-dealkylation sites (tertiary alicyclic amines) is 1. The van der Waals surface area contributed by atoms with Crippen LogP contribution in [0.2, 0.25) is 0 Å². The summed E-state index contributed by atoms with van der Waals surface area (Å²) in [5, 5.41) is 2.75. The van der Waals surface area contributed by atoms with Crippen LogP contribution < -0.4 is 5.32 Å². The molecule has 1 aliphatic heterocycles. The monoisotopic (exact) mass is 320 g/mol. The van der Waals surface area contributed by atoms with E-state index in [1.54, 1.807) is 4.90 Å². The summed E-state index contributed by atoms with van der Waals surface area (Å²) >= 11 is 0. The molecule has 2 heterocycles. The van der Waals surface area contributed by atoms with Crippen LogP contribution in [0.25, 0.3) is 0 Å². The van der Waals surface area contributed by atoms with E-state index in [0.29, 0.717) is 18.8 Å². The number of hydrogen-bond acceptors (Lipinski definition) is 5. The van der Waals surface area contributed by atoms with Crippen molar-refractivity contribution in [3.8, 4) is 0 Å². The van der Waals surface area contributed by atoms with Crippen molar-refractivity contribution in [2.45, 2.75) is 51.7 Å². The zero-order valence-corrected chi connectivity index (χ0v) is 13.9. The van der Waals surface area contributed by atoms with Gasteiger partial charge < -0.3 is 15.0 Å². The number of nitrogens with zero attached hydrogens (tertiary/aromatic N) is 3. The molecule has 0 bridgehead atoms. The third kappa shape index (κ3) is 5.19. The minimum absolute atomic E-state index is 0.0502. The van der Waals surface area contributed by atoms with Crippen molar-refractivity contribution in [3.63, 3.8) is 0 Å². The second-order valence-electron chi connectivity index (χ2n) is 6.62. The molecule has 0 radical (unpaired) electrons. The highest BCUT2D eigenvalue weighted by Gasteiger charge is 2.29. The lowest BCUT2D eigenvalue weighted by molar-refractivity contribution is 0.0460. The number of rotatable bonds is 3. The molecule has 1 aliphatic rings. The second kappa shape index (κ2) is 7.39. The van der Waals surface area contributed by atoms with Crippen molar-refractivity contribution in [3.05, 3.63) is 24.3 Å². The average molecular weight is 320 g/mol. The molecule has 7 heteroatoms. The summed E-state index contributed by atoms with van der Waals surface area (Å²) in [4.78, 5) is 34.1. The fraction of sp³-hybridized carbons (Fsp3) is 0.625. The fourth-order valence-corrected chi connectivity index (χ4v) is 2.55. The normalized spacial score (nSPS) is 18.4. The lowest BCUT2D eigenvalue weighted by atomic mass is 10.0. The van der Waals surface area contributed by atoms with Crippen molar-refractivity contribution < 1.29 is 14.3 Å². The first-order valence-corrected chi connectivity index (χ1v) is 7.90. The van der Waals surface area contributed by atoms with Gasteiger partial charge in [0, 0.05) is 31.5 Å². The van der Waals surface area contributed by atoms with E-state index in [9.17, 15) is 9.59 Å². The summed E-state index contributed by atoms with van der Waals surface area (Å²) in [7, 11) is 0. The van der Waals surface area contributed by atoms with Crippen LogP contribution in [-0.4, -0.2) is 51.6 Å². The van der Waals surface area contributed by atoms with Crippen molar-refractivity contribution in [2.24, 2.45) is 0 Å². The average Bonchev–Trinajstić information content (AvgIpc) is 2.52. The minimum atomic E-state index is -0.536. The Morgan fingerprint density at radius 2 is 2.13 bits per heavy atom. The van der Waals surface area contributed by atoms with E-state index in [-0.39, 0.29) is 11.9 Å². The molecule has 2 rings (SSSR count). The van der Waals surface area contributed by atoms with Crippen molar-refractivity contribution in [2.75, 3.05) is 13.1 Å². The van der Waals surface area contributed by atoms with Gasteiger partial charge in [-0.25, -0.2) is 9.78 Å². The largest absolute Gasteiger partial charge is 0.444 e. The third-order valence-electron chi connectivity index (χ3n) is 3.55. The van der Waals surface area contributed by atoms with Gasteiger partial charge in [0.1, 0.15) is 11.3 Å². The summed E-state index contributed by atoms with van der Waals surface area (Å²) in [6, 6.07) is -0.0502. The SMILES string of the molecule is CC(C)(C)OC(=O)NC[C@@H]1CCCCN1C(=O)c1cnccn1. The Bertz CT molecular complexity index is 542. The lowest BCUT2D eigenvalue weighted by Crippen LogP contribution is -2.50. The summed E-state index contributed by atoms with van der Waals surface area (Å²) < 4.78 is 5.23. The number of hydrogen-bond donors (Lipinski definition) is 1. The van der Waals surface area contributed by atoms with E-state index in [0.717, 1.165) is 19.3 Å². The number of nitrogens with one attached hydrogen (secondary N) is 1. The van der Waals surface area contributed by atoms with E-state index < -0.39 is 11.7 Å². The third-order valence-corrected chi connectivity index (χ3v) is 3.55. The number of ether oxygens (including phenoxy) is 1. The maximum Gasteiger partial charge on any atom is 0.407 e. The number of carbonyl (C=O) groups is 2. The highest BCUT2D eigenvalue weighted by molar-refractivity contribution is 5.92. The molecule has 0 unspecified atom stereocenters. The maximum atomic E-state index is 12.6. The Labute approximate surface area is 136 Å². The van der Waals surface area contributed by atoms with Crippen LogP contribution in [-0.2, 0) is 4.74 Å². The Kier molecular flexibility index (Phi) is 5.52. The molecule has 23 heavy (non-hydrogen) atoms. The molecular weight excluding hydrogens is 296 g/mol. The van der Waals surface area contributed by atoms with Crippen molar-refractivity contribution >= 4 is 12.0 Å². The first-order chi connectivity index (χ1) is 10.9. The Balaban J connectivity index is 1.96. The Hall–Kier alpha value is -2.18. The highest BCUT2D eigenvalue weighted by atomic mass is 16.6. The van der Waals surface area contributed by atoms with Gasteiger partial charge in [0.15, 0.2) is 0 Å². The summed E-state index contributed by atoms with van der Waals surface area (Å²) in [5.41, 5.74) is -0.206. The van der Waals surface area contributed by atoms with Crippen molar-refractivity contribution in [1.29, 1.82) is 0 Å². The smallest absolute Gasteiger partial charge is 0.407 e. The molecule has 1 aromatic heterocycles. The molecule has 0 aromatic carbocycles. The van der Waals surface area contributed by atoms with Gasteiger partial charge in [0.05, 0.1) is 6.20 Å². The Morgan fingerprint density at radius 1 is 1.35 bits per heavy atom. The first kappa shape index (κ1) is 17.2. The molecule has 1 aromatic rings. The quantitative estimate of drug-likeness (QED) is 0.921. The number of carbonyl (C=O) groups excluding carboxylic acids is 2. The van der Waals surface area contributed by atoms with Gasteiger partial charge in [-0.15, -0.1) is 0 Å². The zero-order valence-electron chi connectivity index (χ0n) is 13.9. The number of piperidine rings is 1. The van der Waals surface area contributed by atoms with Gasteiger partial charge in [-0.1, -0.05) is 0 Å². The number of alkyl carbamates (subject to hydrolysis) is 1. The molecule has 1 saturated heterocycles. The van der Waals surface area contributed by atoms with E-state index in [2.05, 4.69) is 15.3 Å². The van der Waals surface area contributed by atoms with Crippen LogP contribution in [0.5, 0.6) is 0 Å². The lowest BCUT2D eigenvalue weighted by Gasteiger charge is -2.35. The molecular formula is C16H24N4O3. The maximum absolute atomic E-state index is 12.6. The van der Waals surface area contributed by atoms with Crippen LogP contribution in [0.4, 0.5) is 4.79 Å². The van der Waals surface area contributed by atoms with E-state index >= 15 is 0 Å². The number of amides is 2. The first-order valence-electron chi connectivity index (χ1n) is 7.90. The second-order valence-corrected chi connectivity index (χ2v) is 6.62. The molecule has 126 valence electrons. The standard InChI is InChI=1S/C16H24N4O3/c1-16(2,3)23-15(22)19-10-12-6-4-5-9-20(12)14(21)13-11-17-7-8-18-13/h7-8,11-12H,4-6,9-10H2,1-3H3,(H,19,22)/t12-/m0/s1.